The molecule has 124 valence electrons. The normalized spacial score (nSPS) is 18.0. The van der Waals surface area contributed by atoms with Crippen molar-refractivity contribution in [3.05, 3.63) is 41.5 Å². The third kappa shape index (κ3) is 3.87. The highest BCUT2D eigenvalue weighted by molar-refractivity contribution is 7.80. The van der Waals surface area contributed by atoms with E-state index in [0.29, 0.717) is 11.1 Å². The SMILES string of the molecule is O=C(O)[C@@H]1C=C(c2ccc(C(F)(F)F)cc2)CN1C(=O)CCS. The molecule has 1 aliphatic rings. The fourth-order valence-electron chi connectivity index (χ4n) is 2.36. The molecule has 1 N–H and O–H groups in total. The summed E-state index contributed by atoms with van der Waals surface area (Å²) in [7, 11) is 0. The van der Waals surface area contributed by atoms with E-state index in [-0.39, 0.29) is 24.6 Å². The van der Waals surface area contributed by atoms with Gasteiger partial charge in [-0.05, 0) is 35.1 Å². The summed E-state index contributed by atoms with van der Waals surface area (Å²) < 4.78 is 37.7. The van der Waals surface area contributed by atoms with E-state index in [4.69, 9.17) is 0 Å². The molecule has 0 spiro atoms. The predicted octanol–water partition coefficient (Wildman–Crippen LogP) is 2.70. The van der Waals surface area contributed by atoms with Crippen LogP contribution in [0.1, 0.15) is 17.5 Å². The van der Waals surface area contributed by atoms with Crippen molar-refractivity contribution in [2.75, 3.05) is 12.3 Å². The molecule has 0 radical (unpaired) electrons. The van der Waals surface area contributed by atoms with E-state index in [0.717, 1.165) is 12.1 Å². The van der Waals surface area contributed by atoms with Crippen LogP contribution in [-0.2, 0) is 15.8 Å². The molecule has 0 saturated heterocycles. The largest absolute Gasteiger partial charge is 0.479 e. The number of carboxylic acid groups (broad SMARTS) is 1. The van der Waals surface area contributed by atoms with Crippen LogP contribution in [0.25, 0.3) is 5.57 Å². The Balaban J connectivity index is 2.25. The van der Waals surface area contributed by atoms with Gasteiger partial charge in [0, 0.05) is 13.0 Å². The molecule has 0 saturated carbocycles. The molecule has 0 aliphatic carbocycles. The summed E-state index contributed by atoms with van der Waals surface area (Å²) in [5.41, 5.74) is 0.196. The van der Waals surface area contributed by atoms with E-state index in [2.05, 4.69) is 12.6 Å². The average Bonchev–Trinajstić information content (AvgIpc) is 2.92. The van der Waals surface area contributed by atoms with Gasteiger partial charge in [0.1, 0.15) is 6.04 Å². The minimum absolute atomic E-state index is 0.0505. The van der Waals surface area contributed by atoms with Gasteiger partial charge in [-0.3, -0.25) is 4.79 Å². The van der Waals surface area contributed by atoms with Crippen LogP contribution >= 0.6 is 12.6 Å². The molecule has 0 fully saturated rings. The number of hydrogen-bond acceptors (Lipinski definition) is 3. The Morgan fingerprint density at radius 2 is 1.87 bits per heavy atom. The Kier molecular flexibility index (Phi) is 5.03. The van der Waals surface area contributed by atoms with Gasteiger partial charge >= 0.3 is 12.1 Å². The summed E-state index contributed by atoms with van der Waals surface area (Å²) in [5.74, 6) is -1.25. The molecule has 1 aliphatic heterocycles. The lowest BCUT2D eigenvalue weighted by Crippen LogP contribution is -2.41. The molecular formula is C15H14F3NO3S. The van der Waals surface area contributed by atoms with Crippen molar-refractivity contribution in [2.45, 2.75) is 18.6 Å². The smallest absolute Gasteiger partial charge is 0.416 e. The monoisotopic (exact) mass is 345 g/mol. The second-order valence-electron chi connectivity index (χ2n) is 5.05. The predicted molar refractivity (Wildman–Crippen MR) is 81.0 cm³/mol. The van der Waals surface area contributed by atoms with E-state index in [1.165, 1.54) is 23.1 Å². The number of nitrogens with zero attached hydrogens (tertiary/aromatic N) is 1. The highest BCUT2D eigenvalue weighted by atomic mass is 32.1. The van der Waals surface area contributed by atoms with Gasteiger partial charge in [-0.15, -0.1) is 0 Å². The number of benzene rings is 1. The van der Waals surface area contributed by atoms with Gasteiger partial charge in [0.05, 0.1) is 5.56 Å². The van der Waals surface area contributed by atoms with Crippen molar-refractivity contribution in [1.29, 1.82) is 0 Å². The maximum atomic E-state index is 12.6. The number of alkyl halides is 3. The number of carboxylic acids is 1. The van der Waals surface area contributed by atoms with Gasteiger partial charge in [-0.25, -0.2) is 4.79 Å². The van der Waals surface area contributed by atoms with Gasteiger partial charge in [0.25, 0.3) is 0 Å². The minimum atomic E-state index is -4.43. The molecule has 4 nitrogen and oxygen atoms in total. The van der Waals surface area contributed by atoms with E-state index < -0.39 is 23.8 Å². The summed E-state index contributed by atoms with van der Waals surface area (Å²) >= 11 is 3.95. The zero-order valence-electron chi connectivity index (χ0n) is 11.9. The number of carbonyl (C=O) groups excluding carboxylic acids is 1. The molecule has 23 heavy (non-hydrogen) atoms. The highest BCUT2D eigenvalue weighted by Gasteiger charge is 2.34. The molecule has 1 aromatic rings. The lowest BCUT2D eigenvalue weighted by atomic mass is 10.0. The summed E-state index contributed by atoms with van der Waals surface area (Å²) in [5, 5.41) is 9.21. The second-order valence-corrected chi connectivity index (χ2v) is 5.49. The molecule has 2 rings (SSSR count). The quantitative estimate of drug-likeness (QED) is 0.825. The topological polar surface area (TPSA) is 57.6 Å². The van der Waals surface area contributed by atoms with Crippen molar-refractivity contribution < 1.29 is 27.9 Å². The van der Waals surface area contributed by atoms with Gasteiger partial charge < -0.3 is 10.0 Å². The Morgan fingerprint density at radius 1 is 1.26 bits per heavy atom. The van der Waals surface area contributed by atoms with Crippen LogP contribution in [0.15, 0.2) is 30.3 Å². The summed E-state index contributed by atoms with van der Waals surface area (Å²) in [6.45, 7) is 0.0505. The summed E-state index contributed by atoms with van der Waals surface area (Å²) in [4.78, 5) is 24.4. The summed E-state index contributed by atoms with van der Waals surface area (Å²) in [6.07, 6.45) is -2.94. The summed E-state index contributed by atoms with van der Waals surface area (Å²) in [6, 6.07) is 3.31. The lowest BCUT2D eigenvalue weighted by molar-refractivity contribution is -0.146. The third-order valence-electron chi connectivity index (χ3n) is 3.52. The second kappa shape index (κ2) is 6.66. The van der Waals surface area contributed by atoms with Gasteiger partial charge in [-0.2, -0.15) is 25.8 Å². The Morgan fingerprint density at radius 3 is 2.35 bits per heavy atom. The number of rotatable bonds is 4. The molecule has 0 aromatic heterocycles. The fourth-order valence-corrected chi connectivity index (χ4v) is 2.55. The molecule has 1 amide bonds. The third-order valence-corrected chi connectivity index (χ3v) is 3.74. The first-order chi connectivity index (χ1) is 10.7. The van der Waals surface area contributed by atoms with E-state index >= 15 is 0 Å². The van der Waals surface area contributed by atoms with Gasteiger partial charge in [0.2, 0.25) is 5.91 Å². The number of carbonyl (C=O) groups is 2. The molecule has 0 bridgehead atoms. The Labute approximate surface area is 136 Å². The average molecular weight is 345 g/mol. The van der Waals surface area contributed by atoms with E-state index in [1.54, 1.807) is 0 Å². The van der Waals surface area contributed by atoms with Crippen LogP contribution in [0.4, 0.5) is 13.2 Å². The van der Waals surface area contributed by atoms with Crippen molar-refractivity contribution in [3.8, 4) is 0 Å². The number of thiol groups is 1. The highest BCUT2D eigenvalue weighted by Crippen LogP contribution is 2.31. The number of amides is 1. The standard InChI is InChI=1S/C15H14F3NO3S/c16-15(17,18)11-3-1-9(2-4-11)10-7-12(14(21)22)19(8-10)13(20)5-6-23/h1-4,7,12,23H,5-6,8H2,(H,21,22)/t12-/m0/s1. The van der Waals surface area contributed by atoms with Crippen LogP contribution in [0, 0.1) is 0 Å². The lowest BCUT2D eigenvalue weighted by Gasteiger charge is -2.21. The zero-order valence-corrected chi connectivity index (χ0v) is 12.8. The Bertz CT molecular complexity index is 640. The molecule has 1 atom stereocenters. The molecule has 1 heterocycles. The molecular weight excluding hydrogens is 331 g/mol. The van der Waals surface area contributed by atoms with Crippen LogP contribution in [-0.4, -0.2) is 40.2 Å². The first kappa shape index (κ1) is 17.4. The van der Waals surface area contributed by atoms with Crippen molar-refractivity contribution >= 4 is 30.1 Å². The maximum Gasteiger partial charge on any atom is 0.416 e. The van der Waals surface area contributed by atoms with Crippen molar-refractivity contribution in [2.24, 2.45) is 0 Å². The van der Waals surface area contributed by atoms with Gasteiger partial charge in [-0.1, -0.05) is 12.1 Å². The maximum absolute atomic E-state index is 12.6. The van der Waals surface area contributed by atoms with Crippen LogP contribution in [0.5, 0.6) is 0 Å². The van der Waals surface area contributed by atoms with Crippen molar-refractivity contribution in [1.82, 2.24) is 4.90 Å². The first-order valence-electron chi connectivity index (χ1n) is 6.75. The van der Waals surface area contributed by atoms with Crippen LogP contribution in [0.2, 0.25) is 0 Å². The number of halogens is 3. The Hall–Kier alpha value is -1.96. The number of hydrogen-bond donors (Lipinski definition) is 2. The first-order valence-corrected chi connectivity index (χ1v) is 7.38. The van der Waals surface area contributed by atoms with Crippen LogP contribution < -0.4 is 0 Å². The molecule has 1 aromatic carbocycles. The van der Waals surface area contributed by atoms with Gasteiger partial charge in [0.15, 0.2) is 0 Å². The minimum Gasteiger partial charge on any atom is -0.479 e. The van der Waals surface area contributed by atoms with E-state index in [9.17, 15) is 27.9 Å². The molecule has 8 heteroatoms. The fraction of sp³-hybridized carbons (Fsp3) is 0.333. The zero-order chi connectivity index (χ0) is 17.2. The van der Waals surface area contributed by atoms with Crippen molar-refractivity contribution in [3.63, 3.8) is 0 Å². The van der Waals surface area contributed by atoms with Crippen LogP contribution in [0.3, 0.4) is 0 Å². The van der Waals surface area contributed by atoms with E-state index in [1.807, 2.05) is 0 Å². The molecule has 0 unspecified atom stereocenters. The number of aliphatic carboxylic acids is 1.